The predicted molar refractivity (Wildman–Crippen MR) is 70.8 cm³/mol. The summed E-state index contributed by atoms with van der Waals surface area (Å²) >= 11 is 0. The Kier molecular flexibility index (Phi) is 4.72. The van der Waals surface area contributed by atoms with E-state index in [1.807, 2.05) is 13.0 Å². The lowest BCUT2D eigenvalue weighted by Gasteiger charge is -2.26. The summed E-state index contributed by atoms with van der Waals surface area (Å²) in [6.45, 7) is 2.02. The van der Waals surface area contributed by atoms with Crippen molar-refractivity contribution in [1.82, 2.24) is 5.32 Å². The fourth-order valence-corrected chi connectivity index (χ4v) is 2.68. The molecule has 2 N–H and O–H groups in total. The Bertz CT molecular complexity index is 383. The lowest BCUT2D eigenvalue weighted by Crippen LogP contribution is -2.40. The average Bonchev–Trinajstić information content (AvgIpc) is 2.55. The Balaban J connectivity index is 1.99. The van der Waals surface area contributed by atoms with Gasteiger partial charge in [-0.3, -0.25) is 0 Å². The van der Waals surface area contributed by atoms with Crippen LogP contribution in [0.3, 0.4) is 0 Å². The number of aliphatic hydroxyl groups excluding tert-OH is 1. The highest BCUT2D eigenvalue weighted by Crippen LogP contribution is 2.21. The molecule has 1 aliphatic carbocycles. The fourth-order valence-electron chi connectivity index (χ4n) is 2.68. The maximum absolute atomic E-state index is 13.2. The first-order chi connectivity index (χ1) is 8.66. The summed E-state index contributed by atoms with van der Waals surface area (Å²) in [4.78, 5) is 0. The van der Waals surface area contributed by atoms with Crippen LogP contribution < -0.4 is 5.32 Å². The van der Waals surface area contributed by atoms with Crippen molar-refractivity contribution in [2.45, 2.75) is 57.2 Å². The van der Waals surface area contributed by atoms with Gasteiger partial charge in [0.2, 0.25) is 0 Å². The molecular formula is C15H22FNO. The van der Waals surface area contributed by atoms with Crippen molar-refractivity contribution in [3.05, 3.63) is 35.6 Å². The number of nitrogens with one attached hydrogen (secondary N) is 1. The summed E-state index contributed by atoms with van der Waals surface area (Å²) in [5.41, 5.74) is 0.937. The van der Waals surface area contributed by atoms with Gasteiger partial charge in [0, 0.05) is 12.1 Å². The molecular weight excluding hydrogens is 229 g/mol. The lowest BCUT2D eigenvalue weighted by atomic mass is 10.0. The van der Waals surface area contributed by atoms with Gasteiger partial charge in [-0.15, -0.1) is 0 Å². The Morgan fingerprint density at radius 2 is 2.06 bits per heavy atom. The molecule has 1 aliphatic rings. The number of hydrogen-bond acceptors (Lipinski definition) is 2. The summed E-state index contributed by atoms with van der Waals surface area (Å²) in [5.74, 6) is -0.206. The molecule has 0 amide bonds. The SMILES string of the molecule is C[C@H](NC1CCCCCC1O)c1cccc(F)c1. The van der Waals surface area contributed by atoms with Gasteiger partial charge in [-0.2, -0.15) is 0 Å². The van der Waals surface area contributed by atoms with Gasteiger partial charge < -0.3 is 10.4 Å². The third-order valence-corrected chi connectivity index (χ3v) is 3.79. The number of halogens is 1. The van der Waals surface area contributed by atoms with Gasteiger partial charge in [-0.25, -0.2) is 4.39 Å². The van der Waals surface area contributed by atoms with Gasteiger partial charge in [0.25, 0.3) is 0 Å². The highest BCUT2D eigenvalue weighted by Gasteiger charge is 2.23. The van der Waals surface area contributed by atoms with E-state index in [1.165, 1.54) is 12.5 Å². The molecule has 0 aromatic heterocycles. The summed E-state index contributed by atoms with van der Waals surface area (Å²) in [5, 5.41) is 13.5. The van der Waals surface area contributed by atoms with Crippen molar-refractivity contribution in [2.75, 3.05) is 0 Å². The van der Waals surface area contributed by atoms with Crippen molar-refractivity contribution >= 4 is 0 Å². The van der Waals surface area contributed by atoms with Crippen LogP contribution in [0.1, 0.15) is 50.6 Å². The molecule has 1 aromatic rings. The third-order valence-electron chi connectivity index (χ3n) is 3.79. The Labute approximate surface area is 108 Å². The van der Waals surface area contributed by atoms with Crippen LogP contribution in [-0.4, -0.2) is 17.3 Å². The highest BCUT2D eigenvalue weighted by molar-refractivity contribution is 5.19. The topological polar surface area (TPSA) is 32.3 Å². The first kappa shape index (κ1) is 13.5. The van der Waals surface area contributed by atoms with Crippen molar-refractivity contribution in [2.24, 2.45) is 0 Å². The molecule has 0 heterocycles. The molecule has 1 saturated carbocycles. The average molecular weight is 251 g/mol. The Morgan fingerprint density at radius 1 is 1.28 bits per heavy atom. The number of benzene rings is 1. The minimum atomic E-state index is -0.275. The molecule has 0 radical (unpaired) electrons. The maximum Gasteiger partial charge on any atom is 0.123 e. The van der Waals surface area contributed by atoms with E-state index in [1.54, 1.807) is 12.1 Å². The minimum Gasteiger partial charge on any atom is -0.392 e. The van der Waals surface area contributed by atoms with Crippen LogP contribution in [0.15, 0.2) is 24.3 Å². The summed E-state index contributed by atoms with van der Waals surface area (Å²) < 4.78 is 13.2. The van der Waals surface area contributed by atoms with E-state index in [2.05, 4.69) is 5.32 Å². The van der Waals surface area contributed by atoms with Crippen molar-refractivity contribution in [3.8, 4) is 0 Å². The smallest absolute Gasteiger partial charge is 0.123 e. The first-order valence-corrected chi connectivity index (χ1v) is 6.86. The maximum atomic E-state index is 13.2. The molecule has 1 aromatic carbocycles. The van der Waals surface area contributed by atoms with Gasteiger partial charge in [-0.05, 0) is 37.5 Å². The monoisotopic (exact) mass is 251 g/mol. The normalized spacial score (nSPS) is 26.6. The minimum absolute atomic E-state index is 0.0680. The summed E-state index contributed by atoms with van der Waals surface area (Å²) in [6, 6.07) is 6.86. The van der Waals surface area contributed by atoms with E-state index in [4.69, 9.17) is 0 Å². The summed E-state index contributed by atoms with van der Waals surface area (Å²) in [6.07, 6.45) is 5.06. The lowest BCUT2D eigenvalue weighted by molar-refractivity contribution is 0.115. The highest BCUT2D eigenvalue weighted by atomic mass is 19.1. The van der Waals surface area contributed by atoms with Crippen LogP contribution in [-0.2, 0) is 0 Å². The van der Waals surface area contributed by atoms with Crippen LogP contribution >= 0.6 is 0 Å². The van der Waals surface area contributed by atoms with E-state index in [-0.39, 0.29) is 24.0 Å². The third kappa shape index (κ3) is 3.53. The van der Waals surface area contributed by atoms with E-state index < -0.39 is 0 Å². The standard InChI is InChI=1S/C15H22FNO/c1-11(12-6-5-7-13(16)10-12)17-14-8-3-2-4-9-15(14)18/h5-7,10-11,14-15,17-18H,2-4,8-9H2,1H3/t11-,14?,15?/m0/s1. The molecule has 1 fully saturated rings. The van der Waals surface area contributed by atoms with Crippen LogP contribution in [0.25, 0.3) is 0 Å². The molecule has 2 nitrogen and oxygen atoms in total. The van der Waals surface area contributed by atoms with Gasteiger partial charge in [0.15, 0.2) is 0 Å². The molecule has 3 heteroatoms. The second kappa shape index (κ2) is 6.30. The Morgan fingerprint density at radius 3 is 2.83 bits per heavy atom. The van der Waals surface area contributed by atoms with Gasteiger partial charge in [0.1, 0.15) is 5.82 Å². The molecule has 2 unspecified atom stereocenters. The zero-order valence-electron chi connectivity index (χ0n) is 10.9. The molecule has 0 bridgehead atoms. The van der Waals surface area contributed by atoms with Gasteiger partial charge >= 0.3 is 0 Å². The quantitative estimate of drug-likeness (QED) is 0.809. The van der Waals surface area contributed by atoms with Crippen molar-refractivity contribution in [1.29, 1.82) is 0 Å². The molecule has 3 atom stereocenters. The zero-order valence-corrected chi connectivity index (χ0v) is 10.9. The van der Waals surface area contributed by atoms with E-state index in [0.717, 1.165) is 31.2 Å². The van der Waals surface area contributed by atoms with Crippen LogP contribution in [0.5, 0.6) is 0 Å². The first-order valence-electron chi connectivity index (χ1n) is 6.86. The number of hydrogen-bond donors (Lipinski definition) is 2. The molecule has 0 saturated heterocycles. The van der Waals surface area contributed by atoms with E-state index >= 15 is 0 Å². The number of rotatable bonds is 3. The largest absolute Gasteiger partial charge is 0.392 e. The van der Waals surface area contributed by atoms with Crippen LogP contribution in [0.4, 0.5) is 4.39 Å². The van der Waals surface area contributed by atoms with Crippen LogP contribution in [0, 0.1) is 5.82 Å². The van der Waals surface area contributed by atoms with Crippen molar-refractivity contribution < 1.29 is 9.50 Å². The fraction of sp³-hybridized carbons (Fsp3) is 0.600. The number of aliphatic hydroxyl groups is 1. The molecule has 2 rings (SSSR count). The second-order valence-corrected chi connectivity index (χ2v) is 5.26. The van der Waals surface area contributed by atoms with E-state index in [9.17, 15) is 9.50 Å². The Hall–Kier alpha value is -0.930. The predicted octanol–water partition coefficient (Wildman–Crippen LogP) is 3.17. The summed E-state index contributed by atoms with van der Waals surface area (Å²) in [7, 11) is 0. The zero-order chi connectivity index (χ0) is 13.0. The molecule has 18 heavy (non-hydrogen) atoms. The van der Waals surface area contributed by atoms with E-state index in [0.29, 0.717) is 0 Å². The molecule has 0 spiro atoms. The van der Waals surface area contributed by atoms with Gasteiger partial charge in [0.05, 0.1) is 6.10 Å². The van der Waals surface area contributed by atoms with Crippen molar-refractivity contribution in [3.63, 3.8) is 0 Å². The van der Waals surface area contributed by atoms with Gasteiger partial charge in [-0.1, -0.05) is 31.4 Å². The molecule has 0 aliphatic heterocycles. The van der Waals surface area contributed by atoms with Crippen LogP contribution in [0.2, 0.25) is 0 Å². The second-order valence-electron chi connectivity index (χ2n) is 5.26. The molecule has 100 valence electrons.